The second kappa shape index (κ2) is 14.2. The Bertz CT molecular complexity index is 2070. The highest BCUT2D eigenvalue weighted by Gasteiger charge is 2.20. The summed E-state index contributed by atoms with van der Waals surface area (Å²) in [5.74, 6) is 0.740. The lowest BCUT2D eigenvalue weighted by Gasteiger charge is -2.29. The van der Waals surface area contributed by atoms with Crippen molar-refractivity contribution in [3.8, 4) is 0 Å². The number of carbonyl (C=O) groups excluding carboxylic acids is 1. The van der Waals surface area contributed by atoms with Crippen molar-refractivity contribution in [2.75, 3.05) is 66.5 Å². The number of anilines is 6. The van der Waals surface area contributed by atoms with Crippen molar-refractivity contribution in [3.63, 3.8) is 0 Å². The molecule has 48 heavy (non-hydrogen) atoms. The van der Waals surface area contributed by atoms with Crippen LogP contribution in [0.4, 0.5) is 38.8 Å². The van der Waals surface area contributed by atoms with Gasteiger partial charge in [-0.15, -0.1) is 0 Å². The lowest BCUT2D eigenvalue weighted by molar-refractivity contribution is -0.125. The molecule has 6 heterocycles. The Morgan fingerprint density at radius 2 is 1.52 bits per heavy atom. The third-order valence-electron chi connectivity index (χ3n) is 7.65. The fraction of sp³-hybridized carbons (Fsp3) is 0.226. The van der Waals surface area contributed by atoms with E-state index < -0.39 is 0 Å². The van der Waals surface area contributed by atoms with E-state index in [-0.39, 0.29) is 18.3 Å². The Labute approximate surface area is 290 Å². The number of ether oxygens (including phenoxy) is 2. The molecule has 17 heteroatoms. The first-order valence-corrected chi connectivity index (χ1v) is 16.5. The largest absolute Gasteiger partial charge is 0.378 e. The Kier molecular flexibility index (Phi) is 9.42. The predicted molar refractivity (Wildman–Crippen MR) is 185 cm³/mol. The summed E-state index contributed by atoms with van der Waals surface area (Å²) >= 11 is 6.78. The molecular weight excluding hydrogens is 753 g/mol. The summed E-state index contributed by atoms with van der Waals surface area (Å²) in [4.78, 5) is 32.8. The number of rotatable bonds is 6. The minimum atomic E-state index is -0.346. The number of nitrogens with one attached hydrogen (secondary N) is 2. The average molecular weight is 781 g/mol. The van der Waals surface area contributed by atoms with Crippen molar-refractivity contribution in [3.05, 3.63) is 88.6 Å². The van der Waals surface area contributed by atoms with E-state index >= 15 is 0 Å². The highest BCUT2D eigenvalue weighted by Crippen LogP contribution is 2.27. The smallest absolute Gasteiger partial charge is 0.253 e. The van der Waals surface area contributed by atoms with E-state index in [1.54, 1.807) is 34.1 Å². The second-order valence-electron chi connectivity index (χ2n) is 10.6. The zero-order valence-electron chi connectivity index (χ0n) is 25.3. The molecule has 2 aromatic carbocycles. The van der Waals surface area contributed by atoms with E-state index in [1.807, 2.05) is 40.9 Å². The van der Waals surface area contributed by atoms with Gasteiger partial charge in [0.05, 0.1) is 37.9 Å². The summed E-state index contributed by atoms with van der Waals surface area (Å²) < 4.78 is 30.0. The van der Waals surface area contributed by atoms with Gasteiger partial charge in [-0.2, -0.15) is 5.10 Å². The normalized spacial score (nSPS) is 15.0. The number of halogens is 3. The topological polar surface area (TPSA) is 139 Å². The molecule has 0 bridgehead atoms. The molecule has 6 aromatic rings. The number of aromatic nitrogens is 7. The number of hydrogen-bond acceptors (Lipinski definition) is 11. The molecule has 2 aliphatic rings. The standard InChI is InChI=1S/C16H14BrN5O2.C15H14BrFN6O/c17-13-9-19-15(16-18-5-6-22(13)16)20-11-1-3-12(4-2-11)21-7-8-24-10-14(21)23;16-13-8-18-14(15-19-9-20-23(13)15)21-12-2-1-10(7-11(12)17)22-3-5-24-6-4-22/h1-6,9H,7-8,10H2,(H,19,20);1-2,7-9H,3-6H2,(H,18,21). The zero-order chi connectivity index (χ0) is 33.0. The monoisotopic (exact) mass is 779 g/mol. The van der Waals surface area contributed by atoms with Gasteiger partial charge in [-0.1, -0.05) is 0 Å². The first-order valence-electron chi connectivity index (χ1n) is 14.9. The highest BCUT2D eigenvalue weighted by molar-refractivity contribution is 9.10. The third kappa shape index (κ3) is 6.80. The molecule has 2 N–H and O–H groups in total. The number of amides is 1. The SMILES string of the molecule is Fc1cc(N2CCOCC2)ccc1Nc1ncc(Br)n2ncnc12.O=C1COCCN1c1ccc(Nc2ncc(Br)n3ccnc23)cc1. The highest BCUT2D eigenvalue weighted by atomic mass is 79.9. The van der Waals surface area contributed by atoms with Crippen LogP contribution in [0.1, 0.15) is 0 Å². The van der Waals surface area contributed by atoms with Crippen molar-refractivity contribution >= 4 is 83.4 Å². The van der Waals surface area contributed by atoms with Crippen LogP contribution in [0.5, 0.6) is 0 Å². The summed E-state index contributed by atoms with van der Waals surface area (Å²) in [6.07, 6.45) is 8.31. The Morgan fingerprint density at radius 1 is 0.792 bits per heavy atom. The fourth-order valence-electron chi connectivity index (χ4n) is 5.26. The van der Waals surface area contributed by atoms with Crippen LogP contribution >= 0.6 is 31.9 Å². The first kappa shape index (κ1) is 31.9. The summed E-state index contributed by atoms with van der Waals surface area (Å²) in [6.45, 7) is 4.13. The van der Waals surface area contributed by atoms with E-state index in [0.717, 1.165) is 40.4 Å². The van der Waals surface area contributed by atoms with Gasteiger partial charge in [-0.25, -0.2) is 28.8 Å². The maximum Gasteiger partial charge on any atom is 0.253 e. The lowest BCUT2D eigenvalue weighted by atomic mass is 10.2. The van der Waals surface area contributed by atoms with Gasteiger partial charge in [0, 0.05) is 49.1 Å². The zero-order valence-corrected chi connectivity index (χ0v) is 28.4. The molecule has 14 nitrogen and oxygen atoms in total. The van der Waals surface area contributed by atoms with Crippen LogP contribution in [0.2, 0.25) is 0 Å². The maximum absolute atomic E-state index is 14.5. The van der Waals surface area contributed by atoms with Crippen LogP contribution in [0.15, 0.2) is 82.8 Å². The van der Waals surface area contributed by atoms with E-state index in [0.29, 0.717) is 53.9 Å². The van der Waals surface area contributed by atoms with Gasteiger partial charge in [0.2, 0.25) is 0 Å². The molecule has 2 saturated heterocycles. The third-order valence-corrected chi connectivity index (χ3v) is 8.78. The molecule has 246 valence electrons. The number of nitrogens with zero attached hydrogens (tertiary/aromatic N) is 9. The molecule has 2 fully saturated rings. The quantitative estimate of drug-likeness (QED) is 0.231. The van der Waals surface area contributed by atoms with Crippen molar-refractivity contribution in [2.24, 2.45) is 0 Å². The summed E-state index contributed by atoms with van der Waals surface area (Å²) in [7, 11) is 0. The molecule has 0 aliphatic carbocycles. The van der Waals surface area contributed by atoms with Crippen molar-refractivity contribution in [1.29, 1.82) is 0 Å². The number of imidazole rings is 1. The van der Waals surface area contributed by atoms with Crippen LogP contribution in [-0.4, -0.2) is 85.9 Å². The van der Waals surface area contributed by atoms with Gasteiger partial charge in [-0.3, -0.25) is 9.20 Å². The Morgan fingerprint density at radius 3 is 2.29 bits per heavy atom. The van der Waals surface area contributed by atoms with E-state index in [4.69, 9.17) is 9.47 Å². The number of benzene rings is 2. The molecule has 0 radical (unpaired) electrons. The molecule has 0 saturated carbocycles. The number of carbonyl (C=O) groups is 1. The molecule has 0 atom stereocenters. The Hall–Kier alpha value is -4.71. The number of hydrogen-bond donors (Lipinski definition) is 2. The molecule has 2 aliphatic heterocycles. The van der Waals surface area contributed by atoms with E-state index in [2.05, 4.69) is 72.4 Å². The van der Waals surface area contributed by atoms with Crippen molar-refractivity contribution in [2.45, 2.75) is 0 Å². The van der Waals surface area contributed by atoms with Gasteiger partial charge in [0.25, 0.3) is 5.91 Å². The second-order valence-corrected chi connectivity index (χ2v) is 12.3. The molecule has 0 unspecified atom stereocenters. The van der Waals surface area contributed by atoms with Crippen molar-refractivity contribution in [1.82, 2.24) is 34.0 Å². The molecule has 4 aromatic heterocycles. The minimum Gasteiger partial charge on any atom is -0.378 e. The molecule has 8 rings (SSSR count). The molecule has 1 amide bonds. The van der Waals surface area contributed by atoms with Crippen LogP contribution < -0.4 is 20.4 Å². The number of morpholine rings is 2. The maximum atomic E-state index is 14.5. The van der Waals surface area contributed by atoms with Gasteiger partial charge < -0.3 is 29.9 Å². The average Bonchev–Trinajstić information content (AvgIpc) is 3.82. The lowest BCUT2D eigenvalue weighted by Crippen LogP contribution is -2.41. The van der Waals surface area contributed by atoms with Gasteiger partial charge in [0.1, 0.15) is 28.0 Å². The minimum absolute atomic E-state index is 0.0179. The van der Waals surface area contributed by atoms with Crippen LogP contribution in [-0.2, 0) is 14.3 Å². The predicted octanol–water partition coefficient (Wildman–Crippen LogP) is 5.20. The van der Waals surface area contributed by atoms with E-state index in [9.17, 15) is 9.18 Å². The summed E-state index contributed by atoms with van der Waals surface area (Å²) in [5.41, 5.74) is 4.17. The van der Waals surface area contributed by atoms with Gasteiger partial charge in [0.15, 0.2) is 22.9 Å². The Balaban J connectivity index is 0.000000152. The first-order chi connectivity index (χ1) is 23.4. The van der Waals surface area contributed by atoms with Crippen LogP contribution in [0, 0.1) is 5.82 Å². The molecular formula is C31H28Br2FN11O3. The molecule has 0 spiro atoms. The summed E-state index contributed by atoms with van der Waals surface area (Å²) in [6, 6.07) is 12.8. The van der Waals surface area contributed by atoms with Crippen LogP contribution in [0.25, 0.3) is 11.3 Å². The van der Waals surface area contributed by atoms with Crippen LogP contribution in [0.3, 0.4) is 0 Å². The fourth-order valence-corrected chi connectivity index (χ4v) is 6.01. The van der Waals surface area contributed by atoms with E-state index in [1.165, 1.54) is 12.4 Å². The number of fused-ring (bicyclic) bond motifs is 2. The van der Waals surface area contributed by atoms with Gasteiger partial charge in [-0.05, 0) is 74.3 Å². The van der Waals surface area contributed by atoms with Gasteiger partial charge >= 0.3 is 0 Å². The summed E-state index contributed by atoms with van der Waals surface area (Å²) in [5, 5.41) is 10.3. The van der Waals surface area contributed by atoms with Crippen molar-refractivity contribution < 1.29 is 18.7 Å².